The molecule has 8 aromatic carbocycles. The average molecular weight is 731 g/mol. The third-order valence-corrected chi connectivity index (χ3v) is 11.0. The van der Waals surface area contributed by atoms with Gasteiger partial charge in [-0.15, -0.1) is 0 Å². The molecule has 0 atom stereocenters. The molecule has 4 heteroatoms. The molecule has 10 aromatic rings. The number of para-hydroxylation sites is 3. The monoisotopic (exact) mass is 730 g/mol. The smallest absolute Gasteiger partial charge is 0.115 e. The Bertz CT molecular complexity index is 3110. The molecule has 0 spiro atoms. The largest absolute Gasteiger partial charge is 0.318 e. The number of hydrogen-bond acceptors (Lipinski definition) is 2. The molecule has 0 radical (unpaired) electrons. The third kappa shape index (κ3) is 6.14. The van der Waals surface area contributed by atoms with Crippen molar-refractivity contribution in [2.24, 2.45) is 9.98 Å². The molecule has 0 saturated carbocycles. The second kappa shape index (κ2) is 14.6. The minimum atomic E-state index is 0.392. The van der Waals surface area contributed by atoms with Crippen LogP contribution in [0.1, 0.15) is 11.1 Å². The van der Waals surface area contributed by atoms with E-state index in [1.54, 1.807) is 0 Å². The summed E-state index contributed by atoms with van der Waals surface area (Å²) >= 11 is 0. The van der Waals surface area contributed by atoms with Crippen molar-refractivity contribution in [3.05, 3.63) is 217 Å². The van der Waals surface area contributed by atoms with Gasteiger partial charge in [-0.2, -0.15) is 0 Å². The first-order valence-corrected chi connectivity index (χ1v) is 19.3. The number of fused-ring (bicyclic) bond motifs is 7. The van der Waals surface area contributed by atoms with E-state index in [-0.39, 0.29) is 0 Å². The maximum atomic E-state index is 5.49. The summed E-state index contributed by atoms with van der Waals surface area (Å²) < 4.78 is 4.79. The first-order valence-electron chi connectivity index (χ1n) is 19.3. The number of allylic oxidation sites excluding steroid dienone is 1. The highest BCUT2D eigenvalue weighted by molar-refractivity contribution is 6.23. The van der Waals surface area contributed by atoms with Crippen molar-refractivity contribution in [1.29, 1.82) is 0 Å². The molecule has 0 fully saturated rings. The van der Waals surface area contributed by atoms with Crippen LogP contribution in [0.3, 0.4) is 0 Å². The lowest BCUT2D eigenvalue weighted by Crippen LogP contribution is -2.04. The predicted molar refractivity (Wildman–Crippen MR) is 242 cm³/mol. The summed E-state index contributed by atoms with van der Waals surface area (Å²) in [6.45, 7) is 4.41. The van der Waals surface area contributed by atoms with Crippen molar-refractivity contribution in [3.8, 4) is 27.9 Å². The quantitative estimate of drug-likeness (QED) is 0.133. The van der Waals surface area contributed by atoms with Gasteiger partial charge in [-0.05, 0) is 64.9 Å². The van der Waals surface area contributed by atoms with Crippen LogP contribution in [0.5, 0.6) is 0 Å². The first kappa shape index (κ1) is 34.0. The van der Waals surface area contributed by atoms with Crippen LogP contribution in [0.15, 0.2) is 216 Å². The predicted octanol–water partition coefficient (Wildman–Crippen LogP) is 13.4. The number of aliphatic imine (C=N–C) groups is 2. The zero-order chi connectivity index (χ0) is 38.1. The second-order valence-electron chi connectivity index (χ2n) is 14.3. The van der Waals surface area contributed by atoms with Crippen LogP contribution in [0, 0.1) is 0 Å². The van der Waals surface area contributed by atoms with Gasteiger partial charge < -0.3 is 9.13 Å². The van der Waals surface area contributed by atoms with Gasteiger partial charge >= 0.3 is 0 Å². The molecule has 0 aliphatic rings. The van der Waals surface area contributed by atoms with Gasteiger partial charge in [-0.3, -0.25) is 9.98 Å². The van der Waals surface area contributed by atoms with Gasteiger partial charge in [0.15, 0.2) is 0 Å². The summed E-state index contributed by atoms with van der Waals surface area (Å²) in [7, 11) is 0. The van der Waals surface area contributed by atoms with Crippen LogP contribution in [0.2, 0.25) is 0 Å². The maximum absolute atomic E-state index is 5.49. The van der Waals surface area contributed by atoms with Gasteiger partial charge in [0.1, 0.15) is 6.67 Å². The van der Waals surface area contributed by atoms with Crippen molar-refractivity contribution in [2.45, 2.75) is 6.67 Å². The van der Waals surface area contributed by atoms with Gasteiger partial charge in [-0.25, -0.2) is 0 Å². The molecule has 2 aromatic heterocycles. The lowest BCUT2D eigenvalue weighted by atomic mass is 10.00. The SMILES string of the molecule is C=N/C(=C\C(=N/Cn1c2ccccc2c2ccc3c4ccccc4n(-c4ccccc4)c3c21)c1ccc(-c2ccccc2)cc1)c1ccc(-c2ccccc2)cc1. The van der Waals surface area contributed by atoms with E-state index in [4.69, 9.17) is 4.99 Å². The van der Waals surface area contributed by atoms with E-state index in [2.05, 4.69) is 215 Å². The molecule has 0 bridgehead atoms. The Morgan fingerprint density at radius 1 is 0.439 bits per heavy atom. The highest BCUT2D eigenvalue weighted by Gasteiger charge is 2.20. The standard InChI is InChI=1S/C53H38N4/c1-54-48(41-29-25-39(26-30-41)37-15-5-2-6-16-37)35-49(42-31-27-40(28-32-42)38-17-7-3-8-18-38)55-36-56-50-23-13-11-21-44(50)46-33-34-47-45-22-12-14-24-51(45)57(53(47)52(46)56)43-19-9-4-10-20-43/h2-35H,1,36H2/b48-35-,55-49+. The number of aromatic nitrogens is 2. The van der Waals surface area contributed by atoms with Crippen LogP contribution in [-0.2, 0) is 6.67 Å². The molecule has 0 saturated heterocycles. The maximum Gasteiger partial charge on any atom is 0.115 e. The van der Waals surface area contributed by atoms with E-state index in [9.17, 15) is 0 Å². The normalized spacial score (nSPS) is 12.2. The fourth-order valence-electron chi connectivity index (χ4n) is 8.23. The van der Waals surface area contributed by atoms with Crippen molar-refractivity contribution < 1.29 is 0 Å². The molecule has 0 aliphatic carbocycles. The second-order valence-corrected chi connectivity index (χ2v) is 14.3. The molecule has 10 rings (SSSR count). The summed E-state index contributed by atoms with van der Waals surface area (Å²) in [6.07, 6.45) is 2.08. The Labute approximate surface area is 331 Å². The van der Waals surface area contributed by atoms with E-state index < -0.39 is 0 Å². The summed E-state index contributed by atoms with van der Waals surface area (Å²) in [5.41, 5.74) is 14.0. The highest BCUT2D eigenvalue weighted by atomic mass is 15.1. The Morgan fingerprint density at radius 3 is 1.51 bits per heavy atom. The minimum Gasteiger partial charge on any atom is -0.318 e. The van der Waals surface area contributed by atoms with Gasteiger partial charge in [0.2, 0.25) is 0 Å². The van der Waals surface area contributed by atoms with E-state index in [0.717, 1.165) is 50.4 Å². The number of nitrogens with zero attached hydrogens (tertiary/aromatic N) is 4. The Morgan fingerprint density at radius 2 is 0.912 bits per heavy atom. The average Bonchev–Trinajstić information content (AvgIpc) is 3.80. The molecule has 0 unspecified atom stereocenters. The van der Waals surface area contributed by atoms with Crippen LogP contribution in [0.25, 0.3) is 77.2 Å². The molecule has 2 heterocycles. The molecular weight excluding hydrogens is 693 g/mol. The number of rotatable bonds is 9. The van der Waals surface area contributed by atoms with E-state index in [1.807, 2.05) is 12.1 Å². The molecular formula is C53H38N4. The van der Waals surface area contributed by atoms with Gasteiger partial charge in [0.25, 0.3) is 0 Å². The van der Waals surface area contributed by atoms with E-state index in [1.165, 1.54) is 43.7 Å². The van der Waals surface area contributed by atoms with E-state index in [0.29, 0.717) is 6.67 Å². The fourth-order valence-corrected chi connectivity index (χ4v) is 8.23. The van der Waals surface area contributed by atoms with Gasteiger partial charge in [0, 0.05) is 32.8 Å². The highest BCUT2D eigenvalue weighted by Crippen LogP contribution is 2.40. The summed E-state index contributed by atoms with van der Waals surface area (Å²) in [4.78, 5) is 10.1. The van der Waals surface area contributed by atoms with E-state index >= 15 is 0 Å². The molecule has 4 nitrogen and oxygen atoms in total. The molecule has 0 aliphatic heterocycles. The summed E-state index contributed by atoms with van der Waals surface area (Å²) in [5.74, 6) is 0. The van der Waals surface area contributed by atoms with Crippen molar-refractivity contribution in [1.82, 2.24) is 9.13 Å². The molecule has 57 heavy (non-hydrogen) atoms. The van der Waals surface area contributed by atoms with Crippen molar-refractivity contribution >= 4 is 61.7 Å². The molecule has 270 valence electrons. The number of benzene rings is 8. The third-order valence-electron chi connectivity index (χ3n) is 11.0. The zero-order valence-electron chi connectivity index (χ0n) is 31.3. The Balaban J connectivity index is 1.17. The van der Waals surface area contributed by atoms with Gasteiger partial charge in [0.05, 0.1) is 33.5 Å². The summed E-state index contributed by atoms with van der Waals surface area (Å²) in [5, 5.41) is 4.83. The lowest BCUT2D eigenvalue weighted by molar-refractivity contribution is 0.794. The number of hydrogen-bond donors (Lipinski definition) is 0. The van der Waals surface area contributed by atoms with Crippen LogP contribution in [0.4, 0.5) is 0 Å². The van der Waals surface area contributed by atoms with Gasteiger partial charge in [-0.1, -0.05) is 176 Å². The van der Waals surface area contributed by atoms with Crippen LogP contribution < -0.4 is 0 Å². The Hall–Kier alpha value is -7.56. The fraction of sp³-hybridized carbons (Fsp3) is 0.0189. The van der Waals surface area contributed by atoms with Crippen molar-refractivity contribution in [2.75, 3.05) is 0 Å². The topological polar surface area (TPSA) is 34.6 Å². The first-order chi connectivity index (χ1) is 28.2. The zero-order valence-corrected chi connectivity index (χ0v) is 31.3. The van der Waals surface area contributed by atoms with Crippen LogP contribution in [-0.4, -0.2) is 21.6 Å². The van der Waals surface area contributed by atoms with Crippen LogP contribution >= 0.6 is 0 Å². The Kier molecular flexibility index (Phi) is 8.69. The van der Waals surface area contributed by atoms with Crippen molar-refractivity contribution in [3.63, 3.8) is 0 Å². The molecule has 0 N–H and O–H groups in total. The molecule has 0 amide bonds. The minimum absolute atomic E-state index is 0.392. The summed E-state index contributed by atoms with van der Waals surface area (Å²) in [6, 6.07) is 70.7. The lowest BCUT2D eigenvalue weighted by Gasteiger charge is -2.12.